The van der Waals surface area contributed by atoms with Gasteiger partial charge in [-0.3, -0.25) is 14.5 Å². The topological polar surface area (TPSA) is 71.9 Å². The maximum atomic E-state index is 12.6. The number of aryl methyl sites for hydroxylation is 1. The Labute approximate surface area is 160 Å². The van der Waals surface area contributed by atoms with Crippen LogP contribution >= 0.6 is 23.6 Å². The Kier molecular flexibility index (Phi) is 5.53. The highest BCUT2D eigenvalue weighted by atomic mass is 32.1. The third kappa shape index (κ3) is 3.86. The summed E-state index contributed by atoms with van der Waals surface area (Å²) in [5.41, 5.74) is 2.05. The van der Waals surface area contributed by atoms with Crippen molar-refractivity contribution in [3.63, 3.8) is 0 Å². The van der Waals surface area contributed by atoms with Crippen LogP contribution in [0.3, 0.4) is 0 Å². The quantitative estimate of drug-likeness (QED) is 0.629. The summed E-state index contributed by atoms with van der Waals surface area (Å²) >= 11 is 6.83. The molecular formula is C18H20N4O2S2. The van der Waals surface area contributed by atoms with E-state index in [2.05, 4.69) is 15.5 Å². The Morgan fingerprint density at radius 3 is 2.96 bits per heavy atom. The van der Waals surface area contributed by atoms with Gasteiger partial charge in [0.1, 0.15) is 12.3 Å². The molecule has 0 unspecified atom stereocenters. The summed E-state index contributed by atoms with van der Waals surface area (Å²) in [5.74, 6) is 1.28. The van der Waals surface area contributed by atoms with E-state index in [9.17, 15) is 4.79 Å². The van der Waals surface area contributed by atoms with Gasteiger partial charge < -0.3 is 10.1 Å². The van der Waals surface area contributed by atoms with Gasteiger partial charge in [0, 0.05) is 5.56 Å². The molecule has 8 heteroatoms. The van der Waals surface area contributed by atoms with Gasteiger partial charge in [0.05, 0.1) is 18.0 Å². The number of ether oxygens (including phenoxy) is 1. The van der Waals surface area contributed by atoms with E-state index in [1.165, 1.54) is 0 Å². The monoisotopic (exact) mass is 388 g/mol. The molecule has 2 aromatic heterocycles. The minimum atomic E-state index is -0.191. The summed E-state index contributed by atoms with van der Waals surface area (Å²) in [6.07, 6.45) is 0. The zero-order valence-electron chi connectivity index (χ0n) is 14.8. The van der Waals surface area contributed by atoms with Crippen LogP contribution in [0.4, 0.5) is 0 Å². The molecule has 2 heterocycles. The lowest BCUT2D eigenvalue weighted by molar-refractivity contribution is -0.122. The smallest absolute Gasteiger partial charge is 0.240 e. The van der Waals surface area contributed by atoms with Crippen molar-refractivity contribution in [2.45, 2.75) is 26.4 Å². The molecule has 0 radical (unpaired) electrons. The molecule has 3 aromatic rings. The highest BCUT2D eigenvalue weighted by molar-refractivity contribution is 7.71. The van der Waals surface area contributed by atoms with Crippen LogP contribution in [-0.2, 0) is 11.3 Å². The molecule has 136 valence electrons. The molecule has 0 aliphatic rings. The lowest BCUT2D eigenvalue weighted by Gasteiger charge is -2.18. The van der Waals surface area contributed by atoms with E-state index in [-0.39, 0.29) is 18.5 Å². The molecule has 2 N–H and O–H groups in total. The lowest BCUT2D eigenvalue weighted by Crippen LogP contribution is -2.30. The van der Waals surface area contributed by atoms with Gasteiger partial charge in [-0.15, -0.1) is 11.3 Å². The maximum absolute atomic E-state index is 12.6. The first-order valence-corrected chi connectivity index (χ1v) is 9.41. The number of benzene rings is 1. The van der Waals surface area contributed by atoms with Gasteiger partial charge in [0.15, 0.2) is 10.6 Å². The molecule has 1 atom stereocenters. The summed E-state index contributed by atoms with van der Waals surface area (Å²) < 4.78 is 7.54. The number of aromatic nitrogens is 3. The van der Waals surface area contributed by atoms with Crippen LogP contribution < -0.4 is 10.1 Å². The second-order valence-corrected chi connectivity index (χ2v) is 7.28. The number of carbonyl (C=O) groups excluding carboxylic acids is 1. The minimum Gasteiger partial charge on any atom is -0.496 e. The molecule has 26 heavy (non-hydrogen) atoms. The summed E-state index contributed by atoms with van der Waals surface area (Å²) in [5, 5.41) is 12.0. The van der Waals surface area contributed by atoms with Crippen LogP contribution in [0.15, 0.2) is 35.7 Å². The number of hydrogen-bond donors (Lipinski definition) is 2. The molecule has 6 nitrogen and oxygen atoms in total. The number of thiophene rings is 1. The maximum Gasteiger partial charge on any atom is 0.240 e. The first-order valence-electron chi connectivity index (χ1n) is 8.12. The van der Waals surface area contributed by atoms with Crippen LogP contribution in [0, 0.1) is 11.7 Å². The van der Waals surface area contributed by atoms with Crippen LogP contribution in [0.25, 0.3) is 10.7 Å². The van der Waals surface area contributed by atoms with Crippen molar-refractivity contribution in [3.8, 4) is 16.5 Å². The number of H-pyrrole nitrogens is 1. The van der Waals surface area contributed by atoms with E-state index in [0.717, 1.165) is 21.8 Å². The second kappa shape index (κ2) is 7.84. The molecule has 0 saturated heterocycles. The predicted molar refractivity (Wildman–Crippen MR) is 105 cm³/mol. The van der Waals surface area contributed by atoms with E-state index in [1.54, 1.807) is 23.0 Å². The molecule has 0 aliphatic carbocycles. The number of aromatic amines is 1. The van der Waals surface area contributed by atoms with Crippen molar-refractivity contribution in [1.82, 2.24) is 20.1 Å². The number of hydrogen-bond acceptors (Lipinski definition) is 5. The summed E-state index contributed by atoms with van der Waals surface area (Å²) in [4.78, 5) is 13.6. The fraction of sp³-hybridized carbons (Fsp3) is 0.278. The molecule has 1 aromatic carbocycles. The fourth-order valence-electron chi connectivity index (χ4n) is 2.76. The second-order valence-electron chi connectivity index (χ2n) is 5.95. The van der Waals surface area contributed by atoms with Gasteiger partial charge >= 0.3 is 0 Å². The van der Waals surface area contributed by atoms with E-state index >= 15 is 0 Å². The number of amides is 1. The normalized spacial score (nSPS) is 12.0. The largest absolute Gasteiger partial charge is 0.496 e. The standard InChI is InChI=1S/C18H20N4O2S2/c1-11-6-7-14(24-3)13(9-11)12(2)19-16(23)10-22-17(20-21-18(22)25)15-5-4-8-26-15/h4-9,12H,10H2,1-3H3,(H,19,23)(H,21,25)/t12-/m1/s1. The minimum absolute atomic E-state index is 0.0983. The first-order chi connectivity index (χ1) is 12.5. The average Bonchev–Trinajstić information content (AvgIpc) is 3.25. The third-order valence-electron chi connectivity index (χ3n) is 4.03. The van der Waals surface area contributed by atoms with E-state index in [1.807, 2.05) is 49.6 Å². The lowest BCUT2D eigenvalue weighted by atomic mass is 10.0. The number of nitrogens with one attached hydrogen (secondary N) is 2. The molecule has 0 saturated carbocycles. The third-order valence-corrected chi connectivity index (χ3v) is 5.21. The van der Waals surface area contributed by atoms with Gasteiger partial charge in [0.2, 0.25) is 5.91 Å². The van der Waals surface area contributed by atoms with E-state index < -0.39 is 0 Å². The average molecular weight is 389 g/mol. The van der Waals surface area contributed by atoms with Crippen molar-refractivity contribution in [2.24, 2.45) is 0 Å². The Morgan fingerprint density at radius 1 is 1.46 bits per heavy atom. The fourth-order valence-corrected chi connectivity index (χ4v) is 3.68. The van der Waals surface area contributed by atoms with Gasteiger partial charge in [0.25, 0.3) is 0 Å². The predicted octanol–water partition coefficient (Wildman–Crippen LogP) is 3.86. The van der Waals surface area contributed by atoms with E-state index in [0.29, 0.717) is 10.6 Å². The Balaban J connectivity index is 1.77. The molecular weight excluding hydrogens is 368 g/mol. The van der Waals surface area contributed by atoms with Gasteiger partial charge in [-0.1, -0.05) is 23.8 Å². The summed E-state index contributed by atoms with van der Waals surface area (Å²) in [6, 6.07) is 9.61. The van der Waals surface area contributed by atoms with Crippen molar-refractivity contribution in [2.75, 3.05) is 7.11 Å². The van der Waals surface area contributed by atoms with E-state index in [4.69, 9.17) is 17.0 Å². The Morgan fingerprint density at radius 2 is 2.27 bits per heavy atom. The Hall–Kier alpha value is -2.45. The number of carbonyl (C=O) groups is 1. The Bertz CT molecular complexity index is 960. The number of rotatable bonds is 6. The zero-order chi connectivity index (χ0) is 18.7. The summed E-state index contributed by atoms with van der Waals surface area (Å²) in [7, 11) is 1.63. The molecule has 3 rings (SSSR count). The van der Waals surface area contributed by atoms with Crippen molar-refractivity contribution in [1.29, 1.82) is 0 Å². The highest BCUT2D eigenvalue weighted by Gasteiger charge is 2.17. The number of methoxy groups -OCH3 is 1. The number of nitrogens with zero attached hydrogens (tertiary/aromatic N) is 2. The molecule has 0 spiro atoms. The molecule has 0 aliphatic heterocycles. The van der Waals surface area contributed by atoms with Crippen molar-refractivity contribution < 1.29 is 9.53 Å². The van der Waals surface area contributed by atoms with Crippen LogP contribution in [-0.4, -0.2) is 27.8 Å². The van der Waals surface area contributed by atoms with Gasteiger partial charge in [-0.25, -0.2) is 0 Å². The van der Waals surface area contributed by atoms with Crippen LogP contribution in [0.5, 0.6) is 5.75 Å². The SMILES string of the molecule is COc1ccc(C)cc1[C@@H](C)NC(=O)Cn1c(-c2cccs2)n[nH]c1=S. The molecule has 1 amide bonds. The molecule has 0 bridgehead atoms. The zero-order valence-corrected chi connectivity index (χ0v) is 16.4. The first kappa shape index (κ1) is 18.3. The summed E-state index contributed by atoms with van der Waals surface area (Å²) in [6.45, 7) is 4.04. The van der Waals surface area contributed by atoms with Crippen LogP contribution in [0.1, 0.15) is 24.1 Å². The van der Waals surface area contributed by atoms with Gasteiger partial charge in [-0.05, 0) is 43.6 Å². The van der Waals surface area contributed by atoms with Crippen molar-refractivity contribution in [3.05, 3.63) is 51.6 Å². The van der Waals surface area contributed by atoms with Gasteiger partial charge in [-0.2, -0.15) is 5.10 Å². The van der Waals surface area contributed by atoms with Crippen LogP contribution in [0.2, 0.25) is 0 Å². The van der Waals surface area contributed by atoms with Crippen molar-refractivity contribution >= 4 is 29.5 Å². The highest BCUT2D eigenvalue weighted by Crippen LogP contribution is 2.26. The molecule has 0 fully saturated rings.